The van der Waals surface area contributed by atoms with Crippen molar-refractivity contribution in [1.82, 2.24) is 10.2 Å². The van der Waals surface area contributed by atoms with E-state index in [-0.39, 0.29) is 5.25 Å². The molecule has 1 saturated heterocycles. The normalized spacial score (nSPS) is 16.4. The smallest absolute Gasteiger partial charge is 0.181 e. The predicted molar refractivity (Wildman–Crippen MR) is 89.4 cm³/mol. The van der Waals surface area contributed by atoms with Crippen LogP contribution in [0, 0.1) is 6.92 Å². The molecule has 1 aliphatic heterocycles. The number of benzene rings is 1. The second-order valence-electron chi connectivity index (χ2n) is 5.45. The van der Waals surface area contributed by atoms with Crippen LogP contribution in [0.1, 0.15) is 22.9 Å². The molecule has 1 fully saturated rings. The molecule has 3 rings (SSSR count). The predicted octanol–water partition coefficient (Wildman–Crippen LogP) is 2.41. The fourth-order valence-electron chi connectivity index (χ4n) is 2.55. The molecule has 8 heteroatoms. The molecule has 1 aliphatic rings. The minimum atomic E-state index is -3.31. The van der Waals surface area contributed by atoms with Gasteiger partial charge in [-0.2, -0.15) is 0 Å². The van der Waals surface area contributed by atoms with Gasteiger partial charge in [-0.05, 0) is 38.0 Å². The number of anilines is 1. The van der Waals surface area contributed by atoms with Gasteiger partial charge >= 0.3 is 0 Å². The zero-order chi connectivity index (χ0) is 16.3. The Labute approximate surface area is 139 Å². The molecule has 6 nitrogen and oxygen atoms in total. The molecule has 0 atom stereocenters. The van der Waals surface area contributed by atoms with Gasteiger partial charge in [0.2, 0.25) is 0 Å². The van der Waals surface area contributed by atoms with Crippen molar-refractivity contribution < 1.29 is 13.2 Å². The lowest BCUT2D eigenvalue weighted by Crippen LogP contribution is -2.29. The van der Waals surface area contributed by atoms with Crippen LogP contribution < -0.4 is 5.32 Å². The maximum absolute atomic E-state index is 12.7. The lowest BCUT2D eigenvalue weighted by atomic mass is 10.2. The van der Waals surface area contributed by atoms with Gasteiger partial charge in [0.25, 0.3) is 0 Å². The van der Waals surface area contributed by atoms with Gasteiger partial charge in [0, 0.05) is 18.9 Å². The van der Waals surface area contributed by atoms with Crippen molar-refractivity contribution in [2.24, 2.45) is 0 Å². The van der Waals surface area contributed by atoms with Gasteiger partial charge in [0.15, 0.2) is 9.84 Å². The van der Waals surface area contributed by atoms with Crippen LogP contribution in [0.5, 0.6) is 0 Å². The molecule has 0 bridgehead atoms. The number of nitrogens with one attached hydrogen (secondary N) is 1. The SMILES string of the molecule is Cc1nnc(CNc2cccc(S(=O)(=O)C3CCOCC3)c2)s1. The Morgan fingerprint density at radius 3 is 2.78 bits per heavy atom. The molecular formula is C15H19N3O3S2. The zero-order valence-corrected chi connectivity index (χ0v) is 14.5. The van der Waals surface area contributed by atoms with Gasteiger partial charge in [-0.15, -0.1) is 10.2 Å². The fraction of sp³-hybridized carbons (Fsp3) is 0.467. The largest absolute Gasteiger partial charge is 0.381 e. The van der Waals surface area contributed by atoms with E-state index >= 15 is 0 Å². The summed E-state index contributed by atoms with van der Waals surface area (Å²) in [6.07, 6.45) is 1.12. The van der Waals surface area contributed by atoms with Crippen molar-refractivity contribution in [3.8, 4) is 0 Å². The first kappa shape index (κ1) is 16.4. The average Bonchev–Trinajstić information content (AvgIpc) is 2.99. The minimum Gasteiger partial charge on any atom is -0.381 e. The summed E-state index contributed by atoms with van der Waals surface area (Å²) in [6.45, 7) is 3.46. The number of hydrogen-bond acceptors (Lipinski definition) is 7. The summed E-state index contributed by atoms with van der Waals surface area (Å²) in [5, 5.41) is 12.7. The van der Waals surface area contributed by atoms with Gasteiger partial charge < -0.3 is 10.1 Å². The number of aryl methyl sites for hydroxylation is 1. The lowest BCUT2D eigenvalue weighted by Gasteiger charge is -2.22. The van der Waals surface area contributed by atoms with Crippen molar-refractivity contribution in [1.29, 1.82) is 0 Å². The minimum absolute atomic E-state index is 0.350. The van der Waals surface area contributed by atoms with Crippen LogP contribution >= 0.6 is 11.3 Å². The van der Waals surface area contributed by atoms with Gasteiger partial charge in [-0.25, -0.2) is 8.42 Å². The summed E-state index contributed by atoms with van der Waals surface area (Å²) in [5.74, 6) is 0. The van der Waals surface area contributed by atoms with E-state index in [1.165, 1.54) is 11.3 Å². The lowest BCUT2D eigenvalue weighted by molar-refractivity contribution is 0.0983. The summed E-state index contributed by atoms with van der Waals surface area (Å²) in [7, 11) is -3.31. The zero-order valence-electron chi connectivity index (χ0n) is 12.9. The second-order valence-corrected chi connectivity index (χ2v) is 8.95. The Kier molecular flexibility index (Phi) is 4.93. The average molecular weight is 353 g/mol. The standard InChI is InChI=1S/C15H19N3O3S2/c1-11-17-18-15(22-11)10-16-12-3-2-4-14(9-12)23(19,20)13-5-7-21-8-6-13/h2-4,9,13,16H,5-8,10H2,1H3. The van der Waals surface area contributed by atoms with E-state index in [0.29, 0.717) is 37.5 Å². The van der Waals surface area contributed by atoms with Crippen LogP contribution in [0.25, 0.3) is 0 Å². The van der Waals surface area contributed by atoms with Crippen LogP contribution in [0.15, 0.2) is 29.2 Å². The van der Waals surface area contributed by atoms with E-state index < -0.39 is 9.84 Å². The van der Waals surface area contributed by atoms with E-state index in [1.807, 2.05) is 13.0 Å². The quantitative estimate of drug-likeness (QED) is 0.889. The first-order chi connectivity index (χ1) is 11.1. The summed E-state index contributed by atoms with van der Waals surface area (Å²) >= 11 is 1.52. The molecule has 2 heterocycles. The van der Waals surface area contributed by atoms with E-state index in [4.69, 9.17) is 4.74 Å². The van der Waals surface area contributed by atoms with Gasteiger partial charge in [0.05, 0.1) is 16.7 Å². The Balaban J connectivity index is 1.73. The van der Waals surface area contributed by atoms with E-state index in [1.54, 1.807) is 18.2 Å². The van der Waals surface area contributed by atoms with Gasteiger partial charge in [-0.3, -0.25) is 0 Å². The number of aromatic nitrogens is 2. The van der Waals surface area contributed by atoms with Crippen molar-refractivity contribution in [2.45, 2.75) is 36.5 Å². The first-order valence-corrected chi connectivity index (χ1v) is 9.86. The van der Waals surface area contributed by atoms with E-state index in [9.17, 15) is 8.42 Å². The van der Waals surface area contributed by atoms with E-state index in [0.717, 1.165) is 15.7 Å². The van der Waals surface area contributed by atoms with Crippen LogP contribution in [0.2, 0.25) is 0 Å². The summed E-state index contributed by atoms with van der Waals surface area (Å²) in [6, 6.07) is 6.97. The molecule has 1 aromatic carbocycles. The molecule has 2 aromatic rings. The molecule has 23 heavy (non-hydrogen) atoms. The van der Waals surface area contributed by atoms with Crippen LogP contribution in [-0.4, -0.2) is 37.1 Å². The third-order valence-corrected chi connectivity index (χ3v) is 6.88. The number of nitrogens with zero attached hydrogens (tertiary/aromatic N) is 2. The number of hydrogen-bond donors (Lipinski definition) is 1. The van der Waals surface area contributed by atoms with E-state index in [2.05, 4.69) is 15.5 Å². The summed E-state index contributed by atoms with van der Waals surface area (Å²) in [4.78, 5) is 0.364. The molecule has 0 saturated carbocycles. The highest BCUT2D eigenvalue weighted by molar-refractivity contribution is 7.92. The summed E-state index contributed by atoms with van der Waals surface area (Å²) in [5.41, 5.74) is 0.769. The molecule has 1 aromatic heterocycles. The fourth-order valence-corrected chi connectivity index (χ4v) is 4.95. The van der Waals surface area contributed by atoms with Gasteiger partial charge in [0.1, 0.15) is 10.0 Å². The maximum Gasteiger partial charge on any atom is 0.181 e. The Morgan fingerprint density at radius 2 is 2.09 bits per heavy atom. The topological polar surface area (TPSA) is 81.2 Å². The Bertz CT molecular complexity index is 768. The van der Waals surface area contributed by atoms with Crippen molar-refractivity contribution in [2.75, 3.05) is 18.5 Å². The Hall–Kier alpha value is -1.51. The highest BCUT2D eigenvalue weighted by atomic mass is 32.2. The molecule has 0 amide bonds. The first-order valence-electron chi connectivity index (χ1n) is 7.50. The number of ether oxygens (including phenoxy) is 1. The van der Waals surface area contributed by atoms with Crippen LogP contribution in [-0.2, 0) is 21.1 Å². The van der Waals surface area contributed by atoms with Crippen molar-refractivity contribution in [3.05, 3.63) is 34.3 Å². The molecule has 0 unspecified atom stereocenters. The molecule has 124 valence electrons. The monoisotopic (exact) mass is 353 g/mol. The molecule has 0 radical (unpaired) electrons. The summed E-state index contributed by atoms with van der Waals surface area (Å²) < 4.78 is 30.7. The molecule has 0 spiro atoms. The third kappa shape index (κ3) is 3.88. The Morgan fingerprint density at radius 1 is 1.30 bits per heavy atom. The van der Waals surface area contributed by atoms with Crippen molar-refractivity contribution >= 4 is 26.9 Å². The van der Waals surface area contributed by atoms with Crippen molar-refractivity contribution in [3.63, 3.8) is 0 Å². The maximum atomic E-state index is 12.7. The number of rotatable bonds is 5. The van der Waals surface area contributed by atoms with Crippen LogP contribution in [0.3, 0.4) is 0 Å². The molecule has 0 aliphatic carbocycles. The highest BCUT2D eigenvalue weighted by Crippen LogP contribution is 2.25. The van der Waals surface area contributed by atoms with Gasteiger partial charge in [-0.1, -0.05) is 17.4 Å². The highest BCUT2D eigenvalue weighted by Gasteiger charge is 2.29. The van der Waals surface area contributed by atoms with Crippen LogP contribution in [0.4, 0.5) is 5.69 Å². The second kappa shape index (κ2) is 6.94. The third-order valence-electron chi connectivity index (χ3n) is 3.78. The number of sulfone groups is 1. The molecule has 1 N–H and O–H groups in total. The molecular weight excluding hydrogens is 334 g/mol.